The van der Waals surface area contributed by atoms with Crippen molar-refractivity contribution in [2.75, 3.05) is 11.9 Å². The van der Waals surface area contributed by atoms with E-state index in [1.807, 2.05) is 19.2 Å². The largest absolute Gasteiger partial charge is 0.347 e. The van der Waals surface area contributed by atoms with Gasteiger partial charge in [-0.05, 0) is 17.7 Å². The lowest BCUT2D eigenvalue weighted by Crippen LogP contribution is -2.18. The molecular formula is C16H19BrN2OS. The van der Waals surface area contributed by atoms with Gasteiger partial charge in [0.05, 0.1) is 10.6 Å². The number of hydrogen-bond donors (Lipinski definition) is 0. The highest BCUT2D eigenvalue weighted by Crippen LogP contribution is 2.32. The number of benzene rings is 1. The van der Waals surface area contributed by atoms with Gasteiger partial charge in [-0.2, -0.15) is 0 Å². The third-order valence-electron chi connectivity index (χ3n) is 3.09. The first-order valence-corrected chi connectivity index (χ1v) is 8.34. The number of hydrogen-bond acceptors (Lipinski definition) is 4. The fourth-order valence-corrected chi connectivity index (χ4v) is 3.57. The van der Waals surface area contributed by atoms with Crippen LogP contribution in [0.4, 0.5) is 5.13 Å². The highest BCUT2D eigenvalue weighted by molar-refractivity contribution is 9.10. The van der Waals surface area contributed by atoms with E-state index in [0.717, 1.165) is 33.0 Å². The Morgan fingerprint density at radius 2 is 2.10 bits per heavy atom. The molecule has 3 nitrogen and oxygen atoms in total. The highest BCUT2D eigenvalue weighted by atomic mass is 79.9. The normalized spacial score (nSPS) is 11.5. The first kappa shape index (κ1) is 16.2. The summed E-state index contributed by atoms with van der Waals surface area (Å²) in [7, 11) is 2.00. The fourth-order valence-electron chi connectivity index (χ4n) is 2.08. The molecule has 1 aromatic carbocycles. The lowest BCUT2D eigenvalue weighted by atomic mass is 9.91. The number of thiazole rings is 1. The molecule has 1 heterocycles. The van der Waals surface area contributed by atoms with Crippen molar-refractivity contribution in [2.24, 2.45) is 0 Å². The maximum atomic E-state index is 11.3. The first-order chi connectivity index (χ1) is 9.81. The summed E-state index contributed by atoms with van der Waals surface area (Å²) in [6.07, 6.45) is 0.911. The first-order valence-electron chi connectivity index (χ1n) is 6.73. The van der Waals surface area contributed by atoms with Gasteiger partial charge in [-0.3, -0.25) is 4.79 Å². The number of anilines is 1. The summed E-state index contributed by atoms with van der Waals surface area (Å²) in [5, 5.41) is 0.877. The number of rotatable bonds is 4. The Balaban J connectivity index is 2.25. The molecule has 0 radical (unpaired) electrons. The molecule has 0 bridgehead atoms. The smallest absolute Gasteiger partial charge is 0.186 e. The van der Waals surface area contributed by atoms with Crippen LogP contribution in [-0.2, 0) is 12.0 Å². The van der Waals surface area contributed by atoms with Crippen LogP contribution in [0.5, 0.6) is 0 Å². The van der Waals surface area contributed by atoms with Gasteiger partial charge in [0.15, 0.2) is 11.4 Å². The van der Waals surface area contributed by atoms with Crippen LogP contribution in [0.25, 0.3) is 0 Å². The molecule has 0 aliphatic carbocycles. The number of aldehydes is 1. The van der Waals surface area contributed by atoms with E-state index in [4.69, 9.17) is 0 Å². The van der Waals surface area contributed by atoms with Crippen molar-refractivity contribution < 1.29 is 4.79 Å². The molecule has 0 atom stereocenters. The zero-order valence-electron chi connectivity index (χ0n) is 12.7. The van der Waals surface area contributed by atoms with Gasteiger partial charge in [0.25, 0.3) is 0 Å². The van der Waals surface area contributed by atoms with Gasteiger partial charge in [-0.25, -0.2) is 4.98 Å². The van der Waals surface area contributed by atoms with Crippen LogP contribution in [0.3, 0.4) is 0 Å². The van der Waals surface area contributed by atoms with E-state index in [0.29, 0.717) is 0 Å². The lowest BCUT2D eigenvalue weighted by molar-refractivity contribution is 0.112. The molecule has 0 spiro atoms. The van der Waals surface area contributed by atoms with E-state index >= 15 is 0 Å². The van der Waals surface area contributed by atoms with E-state index in [2.05, 4.69) is 58.7 Å². The molecule has 0 N–H and O–H groups in total. The minimum Gasteiger partial charge on any atom is -0.347 e. The number of nitrogens with zero attached hydrogens (tertiary/aromatic N) is 2. The van der Waals surface area contributed by atoms with E-state index in [9.17, 15) is 4.79 Å². The SMILES string of the molecule is CN(Cc1cccc(Br)c1)c1nc(C(C)(C)C)c(C=O)s1. The standard InChI is InChI=1S/C16H19BrN2OS/c1-16(2,3)14-13(10-20)21-15(18-14)19(4)9-11-6-5-7-12(17)8-11/h5-8,10H,9H2,1-4H3. The Morgan fingerprint density at radius 1 is 1.38 bits per heavy atom. The second kappa shape index (κ2) is 6.28. The van der Waals surface area contributed by atoms with Gasteiger partial charge in [0, 0.05) is 23.5 Å². The number of carbonyl (C=O) groups excluding carboxylic acids is 1. The molecule has 0 unspecified atom stereocenters. The maximum Gasteiger partial charge on any atom is 0.186 e. The Kier molecular flexibility index (Phi) is 4.84. The predicted octanol–water partition coefficient (Wildman–Crippen LogP) is 4.65. The molecule has 1 aromatic heterocycles. The van der Waals surface area contributed by atoms with Gasteiger partial charge in [0.1, 0.15) is 0 Å². The van der Waals surface area contributed by atoms with Crippen LogP contribution in [0.15, 0.2) is 28.7 Å². The van der Waals surface area contributed by atoms with Gasteiger partial charge in [0.2, 0.25) is 0 Å². The van der Waals surface area contributed by atoms with Crippen LogP contribution in [0.1, 0.15) is 41.7 Å². The van der Waals surface area contributed by atoms with Gasteiger partial charge in [-0.1, -0.05) is 60.2 Å². The van der Waals surface area contributed by atoms with Crippen molar-refractivity contribution in [1.82, 2.24) is 4.98 Å². The number of halogens is 1. The summed E-state index contributed by atoms with van der Waals surface area (Å²) < 4.78 is 1.07. The average molecular weight is 367 g/mol. The van der Waals surface area contributed by atoms with E-state index in [-0.39, 0.29) is 5.41 Å². The second-order valence-corrected chi connectivity index (χ2v) is 7.99. The number of aromatic nitrogens is 1. The second-order valence-electron chi connectivity index (χ2n) is 6.06. The van der Waals surface area contributed by atoms with Gasteiger partial charge < -0.3 is 4.90 Å². The van der Waals surface area contributed by atoms with Crippen LogP contribution >= 0.6 is 27.3 Å². The average Bonchev–Trinajstić information content (AvgIpc) is 2.82. The summed E-state index contributed by atoms with van der Waals surface area (Å²) in [5.41, 5.74) is 1.95. The lowest BCUT2D eigenvalue weighted by Gasteiger charge is -2.18. The van der Waals surface area contributed by atoms with Crippen LogP contribution < -0.4 is 4.90 Å². The Labute approximate surface area is 138 Å². The summed E-state index contributed by atoms with van der Waals surface area (Å²) in [4.78, 5) is 18.7. The molecule has 2 rings (SSSR count). The van der Waals surface area contributed by atoms with Crippen molar-refractivity contribution in [3.8, 4) is 0 Å². The molecule has 5 heteroatoms. The zero-order chi connectivity index (χ0) is 15.6. The summed E-state index contributed by atoms with van der Waals surface area (Å²) >= 11 is 4.94. The van der Waals surface area contributed by atoms with Gasteiger partial charge in [-0.15, -0.1) is 0 Å². The van der Waals surface area contributed by atoms with E-state index in [1.54, 1.807) is 0 Å². The molecule has 112 valence electrons. The van der Waals surface area contributed by atoms with Crippen molar-refractivity contribution in [3.05, 3.63) is 44.9 Å². The third kappa shape index (κ3) is 3.92. The minimum absolute atomic E-state index is 0.123. The molecule has 0 aliphatic rings. The van der Waals surface area contributed by atoms with Crippen molar-refractivity contribution >= 4 is 38.7 Å². The van der Waals surface area contributed by atoms with Crippen LogP contribution in [-0.4, -0.2) is 18.3 Å². The molecule has 0 aliphatic heterocycles. The molecule has 21 heavy (non-hydrogen) atoms. The third-order valence-corrected chi connectivity index (χ3v) is 4.68. The topological polar surface area (TPSA) is 33.2 Å². The van der Waals surface area contributed by atoms with Crippen molar-refractivity contribution in [3.63, 3.8) is 0 Å². The maximum absolute atomic E-state index is 11.3. The summed E-state index contributed by atoms with van der Waals surface area (Å²) in [6.45, 7) is 6.99. The fraction of sp³-hybridized carbons (Fsp3) is 0.375. The number of carbonyl (C=O) groups is 1. The van der Waals surface area contributed by atoms with Crippen molar-refractivity contribution in [2.45, 2.75) is 32.7 Å². The quantitative estimate of drug-likeness (QED) is 0.738. The molecule has 0 fully saturated rings. The summed E-state index contributed by atoms with van der Waals surface area (Å²) in [6, 6.07) is 8.21. The molecular weight excluding hydrogens is 348 g/mol. The highest BCUT2D eigenvalue weighted by Gasteiger charge is 2.24. The van der Waals surface area contributed by atoms with E-state index < -0.39 is 0 Å². The monoisotopic (exact) mass is 366 g/mol. The van der Waals surface area contributed by atoms with Crippen LogP contribution in [0, 0.1) is 0 Å². The molecule has 0 saturated carbocycles. The predicted molar refractivity (Wildman–Crippen MR) is 92.5 cm³/mol. The zero-order valence-corrected chi connectivity index (χ0v) is 15.1. The van der Waals surface area contributed by atoms with E-state index in [1.165, 1.54) is 16.9 Å². The molecule has 0 amide bonds. The summed E-state index contributed by atoms with van der Waals surface area (Å²) in [5.74, 6) is 0. The Bertz CT molecular complexity index is 646. The molecule has 2 aromatic rings. The van der Waals surface area contributed by atoms with Crippen LogP contribution in [0.2, 0.25) is 0 Å². The Morgan fingerprint density at radius 3 is 2.62 bits per heavy atom. The van der Waals surface area contributed by atoms with Crippen molar-refractivity contribution in [1.29, 1.82) is 0 Å². The Hall–Kier alpha value is -1.20. The van der Waals surface area contributed by atoms with Gasteiger partial charge >= 0.3 is 0 Å². The molecule has 0 saturated heterocycles. The minimum atomic E-state index is -0.123.